The maximum atomic E-state index is 13.0. The van der Waals surface area contributed by atoms with Crippen molar-refractivity contribution >= 4 is 57.7 Å². The number of aromatic nitrogens is 3. The molecule has 15 heteroatoms. The van der Waals surface area contributed by atoms with Gasteiger partial charge in [-0.2, -0.15) is 4.98 Å². The lowest BCUT2D eigenvalue weighted by atomic mass is 10.0. The van der Waals surface area contributed by atoms with E-state index in [1.54, 1.807) is 0 Å². The normalized spacial score (nSPS) is 19.4. The molecule has 2 amide bonds. The Hall–Kier alpha value is -4.66. The minimum absolute atomic E-state index is 0.101. The first-order valence-corrected chi connectivity index (χ1v) is 11.9. The SMILES string of the molecule is CO/N=C(\C(=O)NC1C(=O)N2C(C(=O)O)=C(C[n+]3ccc4ccc(N)cc4c3)CS[C@H]12)c1noc(N)n1. The molecular formula is C22H21N8O6S+. The Labute approximate surface area is 212 Å². The Bertz CT molecular complexity index is 1500. The number of anilines is 2. The fourth-order valence-electron chi connectivity index (χ4n) is 4.19. The number of nitrogen functional groups attached to an aromatic ring is 2. The van der Waals surface area contributed by atoms with Crippen LogP contribution in [0.1, 0.15) is 5.82 Å². The van der Waals surface area contributed by atoms with Crippen LogP contribution < -0.4 is 21.4 Å². The van der Waals surface area contributed by atoms with Crippen LogP contribution in [0.2, 0.25) is 0 Å². The van der Waals surface area contributed by atoms with Gasteiger partial charge in [-0.3, -0.25) is 14.5 Å². The average Bonchev–Trinajstić information content (AvgIpc) is 3.30. The number of rotatable bonds is 7. The topological polar surface area (TPSA) is 203 Å². The zero-order valence-corrected chi connectivity index (χ0v) is 20.1. The van der Waals surface area contributed by atoms with E-state index in [0.29, 0.717) is 17.0 Å². The highest BCUT2D eigenvalue weighted by Gasteiger charge is 2.55. The summed E-state index contributed by atoms with van der Waals surface area (Å²) in [4.78, 5) is 47.7. The summed E-state index contributed by atoms with van der Waals surface area (Å²) in [5, 5.41) is 20.9. The minimum Gasteiger partial charge on any atom is -0.477 e. The van der Waals surface area contributed by atoms with Crippen molar-refractivity contribution in [1.29, 1.82) is 0 Å². The lowest BCUT2D eigenvalue weighted by Crippen LogP contribution is -2.71. The number of oxime groups is 1. The lowest BCUT2D eigenvalue weighted by molar-refractivity contribution is -0.687. The van der Waals surface area contributed by atoms with E-state index in [2.05, 4.69) is 30.0 Å². The number of hydrogen-bond acceptors (Lipinski definition) is 11. The number of thioether (sulfide) groups is 1. The van der Waals surface area contributed by atoms with Gasteiger partial charge < -0.3 is 31.3 Å². The Morgan fingerprint density at radius 1 is 1.35 bits per heavy atom. The van der Waals surface area contributed by atoms with E-state index >= 15 is 0 Å². The van der Waals surface area contributed by atoms with Gasteiger partial charge in [0.15, 0.2) is 18.9 Å². The van der Waals surface area contributed by atoms with E-state index < -0.39 is 29.2 Å². The van der Waals surface area contributed by atoms with Gasteiger partial charge in [0.05, 0.1) is 0 Å². The summed E-state index contributed by atoms with van der Waals surface area (Å²) >= 11 is 1.34. The zero-order chi connectivity index (χ0) is 26.3. The number of carboxylic acids is 1. The highest BCUT2D eigenvalue weighted by atomic mass is 32.2. The number of fused-ring (bicyclic) bond motifs is 2. The van der Waals surface area contributed by atoms with E-state index in [-0.39, 0.29) is 29.8 Å². The summed E-state index contributed by atoms with van der Waals surface area (Å²) in [5.74, 6) is -2.49. The molecule has 2 atom stereocenters. The second-order valence-corrected chi connectivity index (χ2v) is 9.31. The minimum atomic E-state index is -1.23. The summed E-state index contributed by atoms with van der Waals surface area (Å²) in [6, 6.07) is 6.18. The molecule has 2 aromatic heterocycles. The molecule has 0 saturated carbocycles. The predicted molar refractivity (Wildman–Crippen MR) is 130 cm³/mol. The summed E-state index contributed by atoms with van der Waals surface area (Å²) in [7, 11) is 1.22. The van der Waals surface area contributed by atoms with Crippen molar-refractivity contribution in [3.8, 4) is 0 Å². The van der Waals surface area contributed by atoms with E-state index in [1.165, 1.54) is 23.8 Å². The molecule has 2 aliphatic heterocycles. The van der Waals surface area contributed by atoms with Gasteiger partial charge in [-0.25, -0.2) is 9.36 Å². The number of nitrogens with zero attached hydrogens (tertiary/aromatic N) is 5. The van der Waals surface area contributed by atoms with Crippen LogP contribution in [0.5, 0.6) is 0 Å². The van der Waals surface area contributed by atoms with Crippen molar-refractivity contribution < 1.29 is 33.4 Å². The number of carbonyl (C=O) groups excluding carboxylic acids is 2. The number of pyridine rings is 1. The number of nitrogens with one attached hydrogen (secondary N) is 1. The van der Waals surface area contributed by atoms with Gasteiger partial charge in [0.2, 0.25) is 11.5 Å². The van der Waals surface area contributed by atoms with Crippen LogP contribution in [-0.4, -0.2) is 67.9 Å². The molecule has 6 N–H and O–H groups in total. The smallest absolute Gasteiger partial charge is 0.352 e. The predicted octanol–water partition coefficient (Wildman–Crippen LogP) is -0.536. The summed E-state index contributed by atoms with van der Waals surface area (Å²) in [6.45, 7) is 0.261. The van der Waals surface area contributed by atoms with Gasteiger partial charge in [0.1, 0.15) is 24.2 Å². The molecule has 1 saturated heterocycles. The number of carbonyl (C=O) groups is 3. The molecule has 14 nitrogen and oxygen atoms in total. The molecule has 0 bridgehead atoms. The number of benzene rings is 1. The number of β-lactam (4-membered cyclic amide) rings is 1. The Balaban J connectivity index is 1.36. The number of hydrogen-bond donors (Lipinski definition) is 4. The third-order valence-corrected chi connectivity index (χ3v) is 7.16. The third-order valence-electron chi connectivity index (χ3n) is 5.82. The molecular weight excluding hydrogens is 504 g/mol. The van der Waals surface area contributed by atoms with E-state index in [1.807, 2.05) is 41.2 Å². The van der Waals surface area contributed by atoms with E-state index in [4.69, 9.17) is 11.5 Å². The quantitative estimate of drug-likeness (QED) is 0.101. The van der Waals surface area contributed by atoms with Crippen LogP contribution in [0, 0.1) is 0 Å². The molecule has 190 valence electrons. The number of nitrogens with two attached hydrogens (primary N) is 2. The molecule has 3 aromatic rings. The molecule has 1 fully saturated rings. The third kappa shape index (κ3) is 4.40. The first kappa shape index (κ1) is 24.1. The first-order chi connectivity index (χ1) is 17.8. The maximum Gasteiger partial charge on any atom is 0.352 e. The maximum absolute atomic E-state index is 13.0. The van der Waals surface area contributed by atoms with Gasteiger partial charge in [-0.05, 0) is 17.5 Å². The second-order valence-electron chi connectivity index (χ2n) is 8.20. The largest absolute Gasteiger partial charge is 0.477 e. The molecule has 0 spiro atoms. The van der Waals surface area contributed by atoms with Crippen molar-refractivity contribution in [2.75, 3.05) is 24.3 Å². The molecule has 0 aliphatic carbocycles. The van der Waals surface area contributed by atoms with Gasteiger partial charge in [-0.15, -0.1) is 11.8 Å². The van der Waals surface area contributed by atoms with Gasteiger partial charge in [-0.1, -0.05) is 16.4 Å². The Kier molecular flexibility index (Phi) is 6.12. The van der Waals surface area contributed by atoms with Crippen molar-refractivity contribution in [2.24, 2.45) is 5.16 Å². The fourth-order valence-corrected chi connectivity index (χ4v) is 5.53. The molecule has 4 heterocycles. The van der Waals surface area contributed by atoms with Crippen LogP contribution in [0.4, 0.5) is 11.7 Å². The van der Waals surface area contributed by atoms with Crippen LogP contribution in [-0.2, 0) is 25.8 Å². The summed E-state index contributed by atoms with van der Waals surface area (Å²) in [5.41, 5.74) is 12.0. The highest BCUT2D eigenvalue weighted by Crippen LogP contribution is 2.40. The lowest BCUT2D eigenvalue weighted by Gasteiger charge is -2.49. The Morgan fingerprint density at radius 3 is 2.86 bits per heavy atom. The number of aliphatic carboxylic acids is 1. The summed E-state index contributed by atoms with van der Waals surface area (Å²) in [6.07, 6.45) is 3.71. The van der Waals surface area contributed by atoms with E-state index in [9.17, 15) is 19.5 Å². The highest BCUT2D eigenvalue weighted by molar-refractivity contribution is 8.00. The van der Waals surface area contributed by atoms with Gasteiger partial charge >= 0.3 is 12.0 Å². The van der Waals surface area contributed by atoms with E-state index in [0.717, 1.165) is 10.8 Å². The molecule has 0 radical (unpaired) electrons. The van der Waals surface area contributed by atoms with Crippen LogP contribution in [0.3, 0.4) is 0 Å². The van der Waals surface area contributed by atoms with Crippen molar-refractivity contribution in [1.82, 2.24) is 20.4 Å². The molecule has 5 rings (SSSR count). The summed E-state index contributed by atoms with van der Waals surface area (Å²) < 4.78 is 6.51. The van der Waals surface area contributed by atoms with Gasteiger partial charge in [0.25, 0.3) is 11.8 Å². The van der Waals surface area contributed by atoms with Crippen LogP contribution >= 0.6 is 11.8 Å². The molecule has 1 aromatic carbocycles. The number of amides is 2. The first-order valence-electron chi connectivity index (χ1n) is 10.9. The molecule has 37 heavy (non-hydrogen) atoms. The monoisotopic (exact) mass is 525 g/mol. The number of carboxylic acid groups (broad SMARTS) is 1. The van der Waals surface area contributed by atoms with Crippen molar-refractivity contribution in [3.05, 3.63) is 53.8 Å². The molecule has 1 unspecified atom stereocenters. The average molecular weight is 526 g/mol. The van der Waals surface area contributed by atoms with Crippen molar-refractivity contribution in [2.45, 2.75) is 18.0 Å². The fraction of sp³-hybridized carbons (Fsp3) is 0.227. The Morgan fingerprint density at radius 2 is 2.16 bits per heavy atom. The zero-order valence-electron chi connectivity index (χ0n) is 19.3. The van der Waals surface area contributed by atoms with Gasteiger partial charge in [0, 0.05) is 28.5 Å². The van der Waals surface area contributed by atoms with Crippen LogP contribution in [0.25, 0.3) is 10.8 Å². The van der Waals surface area contributed by atoms with Crippen molar-refractivity contribution in [3.63, 3.8) is 0 Å². The molecule has 2 aliphatic rings. The second kappa shape index (κ2) is 9.42. The van der Waals surface area contributed by atoms with Crippen LogP contribution in [0.15, 0.2) is 57.6 Å². The standard InChI is InChI=1S/C22H20N8O6S/c1-35-27-14(17-26-22(24)36-28-17)18(31)25-15-19(32)30-16(21(33)34)12(9-37-20(15)30)8-29-5-4-10-2-3-13(23)6-11(10)7-29/h2-7,15,20H,8-9,23H2,1H3,(H3-,24,25,26,28,31,33,34)/p+1/b27-14-/t15?,20-/m1/s1.